The molecule has 0 aliphatic rings. The van der Waals surface area contributed by atoms with Gasteiger partial charge in [0.15, 0.2) is 0 Å². The Hall–Kier alpha value is -1.54. The Kier molecular flexibility index (Phi) is 5.69. The monoisotopic (exact) mass is 248 g/mol. The molecule has 0 aromatic rings. The SMILES string of the molecule is CC(C)(CO)C(O)C(=O)NCC(N=O)C(=O)O. The zero-order chi connectivity index (χ0) is 13.6. The fraction of sp³-hybridized carbons (Fsp3) is 0.778. The number of nitrogens with one attached hydrogen (secondary N) is 1. The van der Waals surface area contributed by atoms with Gasteiger partial charge in [0.05, 0.1) is 13.2 Å². The summed E-state index contributed by atoms with van der Waals surface area (Å²) in [5, 5.41) is 31.3. The van der Waals surface area contributed by atoms with Crippen molar-refractivity contribution < 1.29 is 24.9 Å². The van der Waals surface area contributed by atoms with Crippen LogP contribution in [0.5, 0.6) is 0 Å². The normalized spacial score (nSPS) is 14.8. The topological polar surface area (TPSA) is 136 Å². The van der Waals surface area contributed by atoms with Crippen molar-refractivity contribution in [2.45, 2.75) is 26.0 Å². The lowest BCUT2D eigenvalue weighted by Crippen LogP contribution is -2.47. The Morgan fingerprint density at radius 2 is 1.94 bits per heavy atom. The summed E-state index contributed by atoms with van der Waals surface area (Å²) in [4.78, 5) is 31.9. The molecule has 0 radical (unpaired) electrons. The van der Waals surface area contributed by atoms with Gasteiger partial charge in [0, 0.05) is 5.41 Å². The van der Waals surface area contributed by atoms with Gasteiger partial charge in [-0.2, -0.15) is 0 Å². The molecule has 0 bridgehead atoms. The number of amides is 1. The number of aliphatic hydroxyl groups is 2. The van der Waals surface area contributed by atoms with Crippen LogP contribution in [0, 0.1) is 10.3 Å². The summed E-state index contributed by atoms with van der Waals surface area (Å²) in [7, 11) is 0. The number of carboxylic acid groups (broad SMARTS) is 1. The third kappa shape index (κ3) is 4.45. The van der Waals surface area contributed by atoms with Gasteiger partial charge >= 0.3 is 5.97 Å². The zero-order valence-electron chi connectivity index (χ0n) is 9.58. The molecule has 0 spiro atoms. The molecule has 8 nitrogen and oxygen atoms in total. The van der Waals surface area contributed by atoms with Crippen LogP contribution in [-0.4, -0.2) is 52.5 Å². The van der Waals surface area contributed by atoms with Crippen molar-refractivity contribution >= 4 is 11.9 Å². The quantitative estimate of drug-likeness (QED) is 0.413. The second-order valence-electron chi connectivity index (χ2n) is 4.25. The van der Waals surface area contributed by atoms with Crippen LogP contribution in [0.3, 0.4) is 0 Å². The van der Waals surface area contributed by atoms with Gasteiger partial charge in [-0.05, 0) is 0 Å². The number of carbonyl (C=O) groups is 2. The number of carboxylic acids is 1. The molecule has 17 heavy (non-hydrogen) atoms. The lowest BCUT2D eigenvalue weighted by molar-refractivity contribution is -0.139. The highest BCUT2D eigenvalue weighted by Crippen LogP contribution is 2.19. The van der Waals surface area contributed by atoms with E-state index in [-0.39, 0.29) is 0 Å². The fourth-order valence-electron chi connectivity index (χ4n) is 0.905. The minimum absolute atomic E-state index is 0.421. The van der Waals surface area contributed by atoms with E-state index in [1.165, 1.54) is 13.8 Å². The van der Waals surface area contributed by atoms with Crippen molar-refractivity contribution in [2.75, 3.05) is 13.2 Å². The molecule has 98 valence electrons. The number of nitroso groups, excluding NO2 is 1. The molecule has 0 rings (SSSR count). The van der Waals surface area contributed by atoms with Crippen molar-refractivity contribution in [1.29, 1.82) is 0 Å². The molecular weight excluding hydrogens is 232 g/mol. The van der Waals surface area contributed by atoms with Crippen molar-refractivity contribution in [3.8, 4) is 0 Å². The molecule has 0 fully saturated rings. The number of carbonyl (C=O) groups excluding carboxylic acids is 1. The largest absolute Gasteiger partial charge is 0.480 e. The van der Waals surface area contributed by atoms with Crippen LogP contribution in [0.1, 0.15) is 13.8 Å². The standard InChI is InChI=1S/C9H16N2O6/c1-9(2,4-12)6(13)7(14)10-3-5(11-17)8(15)16/h5-6,12-13H,3-4H2,1-2H3,(H,10,14)(H,15,16). The van der Waals surface area contributed by atoms with E-state index in [2.05, 4.69) is 10.5 Å². The lowest BCUT2D eigenvalue weighted by atomic mass is 9.87. The summed E-state index contributed by atoms with van der Waals surface area (Å²) in [5.41, 5.74) is -1.06. The Bertz CT molecular complexity index is 304. The van der Waals surface area contributed by atoms with Crippen molar-refractivity contribution in [2.24, 2.45) is 10.6 Å². The van der Waals surface area contributed by atoms with Crippen LogP contribution in [0.25, 0.3) is 0 Å². The molecule has 0 heterocycles. The molecule has 0 aliphatic heterocycles. The van der Waals surface area contributed by atoms with Crippen molar-refractivity contribution in [3.05, 3.63) is 4.91 Å². The first-order valence-corrected chi connectivity index (χ1v) is 4.88. The Morgan fingerprint density at radius 1 is 1.41 bits per heavy atom. The molecule has 2 unspecified atom stereocenters. The number of rotatable bonds is 7. The first-order chi connectivity index (χ1) is 7.76. The highest BCUT2D eigenvalue weighted by Gasteiger charge is 2.33. The molecule has 1 amide bonds. The van der Waals surface area contributed by atoms with Crippen molar-refractivity contribution in [1.82, 2.24) is 5.32 Å². The van der Waals surface area contributed by atoms with Gasteiger partial charge in [0.1, 0.15) is 6.10 Å². The Balaban J connectivity index is 4.37. The number of nitrogens with zero attached hydrogens (tertiary/aromatic N) is 1. The molecule has 0 aromatic heterocycles. The van der Waals surface area contributed by atoms with Gasteiger partial charge in [-0.3, -0.25) is 4.79 Å². The Labute approximate surface area is 97.6 Å². The van der Waals surface area contributed by atoms with E-state index in [0.29, 0.717) is 0 Å². The summed E-state index contributed by atoms with van der Waals surface area (Å²) >= 11 is 0. The van der Waals surface area contributed by atoms with Gasteiger partial charge < -0.3 is 20.6 Å². The van der Waals surface area contributed by atoms with Crippen LogP contribution in [-0.2, 0) is 9.59 Å². The summed E-state index contributed by atoms with van der Waals surface area (Å²) < 4.78 is 0. The van der Waals surface area contributed by atoms with E-state index in [0.717, 1.165) is 0 Å². The molecule has 2 atom stereocenters. The minimum atomic E-state index is -1.59. The smallest absolute Gasteiger partial charge is 0.334 e. The van der Waals surface area contributed by atoms with E-state index < -0.39 is 42.6 Å². The highest BCUT2D eigenvalue weighted by molar-refractivity contribution is 5.82. The lowest BCUT2D eigenvalue weighted by Gasteiger charge is -2.27. The molecule has 8 heteroatoms. The average Bonchev–Trinajstić information content (AvgIpc) is 2.28. The molecule has 0 saturated carbocycles. The molecule has 0 aromatic carbocycles. The van der Waals surface area contributed by atoms with Gasteiger partial charge in [0.25, 0.3) is 0 Å². The second kappa shape index (κ2) is 6.26. The first kappa shape index (κ1) is 15.5. The van der Waals surface area contributed by atoms with Gasteiger partial charge in [-0.1, -0.05) is 19.0 Å². The van der Waals surface area contributed by atoms with Gasteiger partial charge in [-0.25, -0.2) is 4.79 Å². The zero-order valence-corrected chi connectivity index (χ0v) is 9.58. The summed E-state index contributed by atoms with van der Waals surface area (Å²) in [6.45, 7) is 2.00. The average molecular weight is 248 g/mol. The van der Waals surface area contributed by atoms with E-state index in [9.17, 15) is 19.6 Å². The van der Waals surface area contributed by atoms with E-state index in [1.54, 1.807) is 0 Å². The summed E-state index contributed by atoms with van der Waals surface area (Å²) in [5.74, 6) is -2.32. The maximum atomic E-state index is 11.4. The van der Waals surface area contributed by atoms with Gasteiger partial charge in [0.2, 0.25) is 11.9 Å². The predicted octanol–water partition coefficient (Wildman–Crippen LogP) is -1.30. The Morgan fingerprint density at radius 3 is 2.29 bits per heavy atom. The second-order valence-corrected chi connectivity index (χ2v) is 4.25. The fourth-order valence-corrected chi connectivity index (χ4v) is 0.905. The van der Waals surface area contributed by atoms with E-state index >= 15 is 0 Å². The van der Waals surface area contributed by atoms with Crippen LogP contribution < -0.4 is 5.32 Å². The number of hydrogen-bond acceptors (Lipinski definition) is 6. The highest BCUT2D eigenvalue weighted by atomic mass is 16.4. The van der Waals surface area contributed by atoms with Crippen LogP contribution in [0.4, 0.5) is 0 Å². The number of hydrogen-bond donors (Lipinski definition) is 4. The van der Waals surface area contributed by atoms with E-state index in [1.807, 2.05) is 0 Å². The van der Waals surface area contributed by atoms with Crippen LogP contribution >= 0.6 is 0 Å². The first-order valence-electron chi connectivity index (χ1n) is 4.88. The van der Waals surface area contributed by atoms with Crippen LogP contribution in [0.2, 0.25) is 0 Å². The van der Waals surface area contributed by atoms with E-state index in [4.69, 9.17) is 10.2 Å². The van der Waals surface area contributed by atoms with Crippen molar-refractivity contribution in [3.63, 3.8) is 0 Å². The number of aliphatic hydroxyl groups excluding tert-OH is 2. The molecule has 0 saturated heterocycles. The maximum absolute atomic E-state index is 11.4. The predicted molar refractivity (Wildman–Crippen MR) is 57.1 cm³/mol. The van der Waals surface area contributed by atoms with Gasteiger partial charge in [-0.15, -0.1) is 4.91 Å². The summed E-state index contributed by atoms with van der Waals surface area (Å²) in [6, 6.07) is -1.59. The third-order valence-corrected chi connectivity index (χ3v) is 2.28. The molecular formula is C9H16N2O6. The molecule has 0 aliphatic carbocycles. The number of aliphatic carboxylic acids is 1. The summed E-state index contributed by atoms with van der Waals surface area (Å²) in [6.07, 6.45) is -1.51. The third-order valence-electron chi connectivity index (χ3n) is 2.28. The van der Waals surface area contributed by atoms with Crippen LogP contribution in [0.15, 0.2) is 5.18 Å². The minimum Gasteiger partial charge on any atom is -0.480 e. The maximum Gasteiger partial charge on any atom is 0.334 e. The molecule has 4 N–H and O–H groups in total.